The molecule has 0 fully saturated rings. The predicted molar refractivity (Wildman–Crippen MR) is 56.4 cm³/mol. The van der Waals surface area contributed by atoms with E-state index in [0.29, 0.717) is 17.1 Å². The number of aliphatic hydroxyl groups excluding tert-OH is 1. The number of aromatic nitrogens is 2. The lowest BCUT2D eigenvalue weighted by atomic mass is 10.3. The topological polar surface area (TPSA) is 93.2 Å². The largest absolute Gasteiger partial charge is 0.395 e. The molecule has 6 nitrogen and oxygen atoms in total. The fourth-order valence-electron chi connectivity index (χ4n) is 1.27. The maximum absolute atomic E-state index is 11.6. The minimum atomic E-state index is -0.579. The molecule has 0 saturated heterocycles. The van der Waals surface area contributed by atoms with E-state index in [1.54, 1.807) is 20.9 Å². The molecule has 1 heterocycles. The Morgan fingerprint density at radius 1 is 1.73 bits per heavy atom. The Morgan fingerprint density at radius 2 is 2.33 bits per heavy atom. The van der Waals surface area contributed by atoms with E-state index < -0.39 is 6.10 Å². The molecule has 1 atom stereocenters. The summed E-state index contributed by atoms with van der Waals surface area (Å²) in [6, 6.07) is 0. The Morgan fingerprint density at radius 3 is 2.73 bits per heavy atom. The van der Waals surface area contributed by atoms with Gasteiger partial charge >= 0.3 is 0 Å². The van der Waals surface area contributed by atoms with Crippen LogP contribution in [0, 0.1) is 6.92 Å². The fraction of sp³-hybridized carbons (Fsp3) is 0.556. The van der Waals surface area contributed by atoms with Gasteiger partial charge in [0, 0.05) is 13.6 Å². The number of aliphatic hydroxyl groups is 1. The van der Waals surface area contributed by atoms with Gasteiger partial charge in [-0.25, -0.2) is 0 Å². The molecule has 4 N–H and O–H groups in total. The first-order valence-electron chi connectivity index (χ1n) is 4.68. The number of nitrogens with zero attached hydrogens (tertiary/aromatic N) is 2. The molecule has 6 heteroatoms. The number of anilines is 1. The molecule has 1 aromatic rings. The number of rotatable bonds is 3. The Bertz CT molecular complexity index is 370. The molecule has 0 radical (unpaired) electrons. The lowest BCUT2D eigenvalue weighted by Gasteiger charge is -2.07. The normalized spacial score (nSPS) is 12.5. The molecule has 1 rings (SSSR count). The van der Waals surface area contributed by atoms with Crippen molar-refractivity contribution in [3.63, 3.8) is 0 Å². The van der Waals surface area contributed by atoms with Crippen LogP contribution in [0.15, 0.2) is 0 Å². The van der Waals surface area contributed by atoms with Crippen molar-refractivity contribution in [1.82, 2.24) is 15.1 Å². The number of carbonyl (C=O) groups excluding carboxylic acids is 1. The Kier molecular flexibility index (Phi) is 3.31. The molecule has 0 aliphatic rings. The van der Waals surface area contributed by atoms with Gasteiger partial charge in [-0.05, 0) is 13.8 Å². The monoisotopic (exact) mass is 212 g/mol. The van der Waals surface area contributed by atoms with Crippen LogP contribution in [0.25, 0.3) is 0 Å². The third-order valence-electron chi connectivity index (χ3n) is 2.04. The van der Waals surface area contributed by atoms with Gasteiger partial charge in [0.15, 0.2) is 0 Å². The molecule has 84 valence electrons. The molecule has 1 amide bonds. The third-order valence-corrected chi connectivity index (χ3v) is 2.04. The highest BCUT2D eigenvalue weighted by Gasteiger charge is 2.17. The number of carbonyl (C=O) groups is 1. The zero-order chi connectivity index (χ0) is 11.6. The van der Waals surface area contributed by atoms with Crippen LogP contribution in [0.2, 0.25) is 0 Å². The lowest BCUT2D eigenvalue weighted by Crippen LogP contribution is -2.32. The summed E-state index contributed by atoms with van der Waals surface area (Å²) in [6.45, 7) is 3.53. The van der Waals surface area contributed by atoms with Crippen molar-refractivity contribution in [1.29, 1.82) is 0 Å². The van der Waals surface area contributed by atoms with Gasteiger partial charge in [-0.3, -0.25) is 9.48 Å². The molecule has 0 saturated carbocycles. The molecule has 1 aromatic heterocycles. The van der Waals surface area contributed by atoms with Gasteiger partial charge < -0.3 is 16.2 Å². The van der Waals surface area contributed by atoms with E-state index in [0.717, 1.165) is 0 Å². The summed E-state index contributed by atoms with van der Waals surface area (Å²) < 4.78 is 1.43. The second kappa shape index (κ2) is 4.31. The summed E-state index contributed by atoms with van der Waals surface area (Å²) in [4.78, 5) is 11.6. The van der Waals surface area contributed by atoms with E-state index >= 15 is 0 Å². The minimum Gasteiger partial charge on any atom is -0.395 e. The highest BCUT2D eigenvalue weighted by atomic mass is 16.3. The van der Waals surface area contributed by atoms with Crippen LogP contribution in [0.3, 0.4) is 0 Å². The smallest absolute Gasteiger partial charge is 0.271 e. The van der Waals surface area contributed by atoms with Crippen molar-refractivity contribution in [2.75, 3.05) is 12.3 Å². The number of hydrogen-bond acceptors (Lipinski definition) is 4. The van der Waals surface area contributed by atoms with Crippen molar-refractivity contribution >= 4 is 11.6 Å². The third kappa shape index (κ3) is 2.47. The SMILES string of the molecule is Cc1nn(C)c(C(=O)NCC(C)O)c1N. The van der Waals surface area contributed by atoms with Gasteiger partial charge in [0.2, 0.25) is 0 Å². The summed E-state index contributed by atoms with van der Waals surface area (Å²) in [7, 11) is 1.65. The zero-order valence-electron chi connectivity index (χ0n) is 9.11. The second-order valence-corrected chi connectivity index (χ2v) is 3.53. The quantitative estimate of drug-likeness (QED) is 0.625. The van der Waals surface area contributed by atoms with Crippen molar-refractivity contribution in [2.45, 2.75) is 20.0 Å². The molecular formula is C9H16N4O2. The van der Waals surface area contributed by atoms with Crippen LogP contribution in [0.1, 0.15) is 23.1 Å². The van der Waals surface area contributed by atoms with Crippen molar-refractivity contribution in [3.05, 3.63) is 11.4 Å². The van der Waals surface area contributed by atoms with Crippen molar-refractivity contribution in [2.24, 2.45) is 7.05 Å². The number of hydrogen-bond donors (Lipinski definition) is 3. The highest BCUT2D eigenvalue weighted by Crippen LogP contribution is 2.14. The van der Waals surface area contributed by atoms with E-state index in [-0.39, 0.29) is 12.5 Å². The van der Waals surface area contributed by atoms with Gasteiger partial charge in [-0.2, -0.15) is 5.10 Å². The maximum Gasteiger partial charge on any atom is 0.271 e. The van der Waals surface area contributed by atoms with Crippen LogP contribution in [0.4, 0.5) is 5.69 Å². The summed E-state index contributed by atoms with van der Waals surface area (Å²) >= 11 is 0. The average Bonchev–Trinajstić information content (AvgIpc) is 2.37. The molecule has 0 aliphatic carbocycles. The number of nitrogen functional groups attached to an aromatic ring is 1. The summed E-state index contributed by atoms with van der Waals surface area (Å²) in [6.07, 6.45) is -0.579. The molecule has 0 aliphatic heterocycles. The van der Waals surface area contributed by atoms with Crippen LogP contribution < -0.4 is 11.1 Å². The van der Waals surface area contributed by atoms with Crippen molar-refractivity contribution < 1.29 is 9.90 Å². The van der Waals surface area contributed by atoms with Gasteiger partial charge in [0.05, 0.1) is 17.5 Å². The predicted octanol–water partition coefficient (Wildman–Crippen LogP) is -0.579. The number of nitrogens with one attached hydrogen (secondary N) is 1. The second-order valence-electron chi connectivity index (χ2n) is 3.53. The maximum atomic E-state index is 11.6. The van der Waals surface area contributed by atoms with E-state index in [1.165, 1.54) is 4.68 Å². The standard InChI is InChI=1S/C9H16N4O2/c1-5(14)4-11-9(15)8-7(10)6(2)12-13(8)3/h5,14H,4,10H2,1-3H3,(H,11,15). The molecule has 0 spiro atoms. The first-order valence-corrected chi connectivity index (χ1v) is 4.68. The molecule has 0 bridgehead atoms. The van der Waals surface area contributed by atoms with E-state index in [4.69, 9.17) is 10.8 Å². The number of nitrogens with two attached hydrogens (primary N) is 1. The van der Waals surface area contributed by atoms with Gasteiger partial charge in [0.1, 0.15) is 5.69 Å². The highest BCUT2D eigenvalue weighted by molar-refractivity contribution is 5.97. The Balaban J connectivity index is 2.82. The van der Waals surface area contributed by atoms with Crippen LogP contribution in [-0.4, -0.2) is 33.4 Å². The molecule has 15 heavy (non-hydrogen) atoms. The van der Waals surface area contributed by atoms with Gasteiger partial charge in [-0.15, -0.1) is 0 Å². The van der Waals surface area contributed by atoms with Crippen LogP contribution in [0.5, 0.6) is 0 Å². The van der Waals surface area contributed by atoms with Crippen LogP contribution in [-0.2, 0) is 7.05 Å². The first kappa shape index (κ1) is 11.5. The van der Waals surface area contributed by atoms with Gasteiger partial charge in [0.25, 0.3) is 5.91 Å². The van der Waals surface area contributed by atoms with Crippen molar-refractivity contribution in [3.8, 4) is 0 Å². The number of amides is 1. The summed E-state index contributed by atoms with van der Waals surface area (Å²) in [5, 5.41) is 15.6. The van der Waals surface area contributed by atoms with Crippen LogP contribution >= 0.6 is 0 Å². The molecule has 1 unspecified atom stereocenters. The first-order chi connectivity index (χ1) is 6.93. The number of aryl methyl sites for hydroxylation is 2. The van der Waals surface area contributed by atoms with E-state index in [2.05, 4.69) is 10.4 Å². The fourth-order valence-corrected chi connectivity index (χ4v) is 1.27. The molecular weight excluding hydrogens is 196 g/mol. The molecule has 0 aromatic carbocycles. The average molecular weight is 212 g/mol. The summed E-state index contributed by atoms with van der Waals surface area (Å²) in [5.74, 6) is -0.323. The minimum absolute atomic E-state index is 0.197. The summed E-state index contributed by atoms with van der Waals surface area (Å²) in [5.41, 5.74) is 7.03. The Labute approximate surface area is 88.1 Å². The van der Waals surface area contributed by atoms with Gasteiger partial charge in [-0.1, -0.05) is 0 Å². The lowest BCUT2D eigenvalue weighted by molar-refractivity contribution is 0.0915. The zero-order valence-corrected chi connectivity index (χ0v) is 9.11. The Hall–Kier alpha value is -1.56. The van der Waals surface area contributed by atoms with E-state index in [9.17, 15) is 4.79 Å². The van der Waals surface area contributed by atoms with E-state index in [1.807, 2.05) is 0 Å².